The number of benzene rings is 1. The second-order valence-electron chi connectivity index (χ2n) is 9.58. The molecule has 0 atom stereocenters. The standard InChI is InChI=1S/C31H38ClN5/c1-6-17-35(20-26-13-10-9-11-14-26)22-29-24(5)34-31-36(30-28(37(29)31)15-12-16-33-30)21-25(7-2)18-23(4)19-27(32)8-3/h9-16,18-19,21H,6-8,17,20,22H2,1-5H3/b23-18-,25-21+,27-19+. The van der Waals surface area contributed by atoms with Gasteiger partial charge in [0, 0.05) is 30.5 Å². The first-order valence-electron chi connectivity index (χ1n) is 13.3. The Morgan fingerprint density at radius 2 is 1.78 bits per heavy atom. The molecule has 0 aliphatic rings. The van der Waals surface area contributed by atoms with Crippen LogP contribution in [0.5, 0.6) is 0 Å². The van der Waals surface area contributed by atoms with Crippen molar-refractivity contribution in [3.05, 3.63) is 93.9 Å². The molecular weight excluding hydrogens is 478 g/mol. The highest BCUT2D eigenvalue weighted by Gasteiger charge is 2.20. The minimum atomic E-state index is 0.827. The average molecular weight is 516 g/mol. The van der Waals surface area contributed by atoms with E-state index >= 15 is 0 Å². The summed E-state index contributed by atoms with van der Waals surface area (Å²) in [6.45, 7) is 13.5. The predicted molar refractivity (Wildman–Crippen MR) is 157 cm³/mol. The fraction of sp³-hybridized carbons (Fsp3) is 0.355. The first-order valence-corrected chi connectivity index (χ1v) is 13.7. The quantitative estimate of drug-likeness (QED) is 0.189. The monoisotopic (exact) mass is 515 g/mol. The molecule has 0 radical (unpaired) electrons. The molecule has 4 rings (SSSR count). The number of imidazole rings is 2. The summed E-state index contributed by atoms with van der Waals surface area (Å²) < 4.78 is 4.43. The molecule has 5 nitrogen and oxygen atoms in total. The molecule has 6 heteroatoms. The van der Waals surface area contributed by atoms with Crippen molar-refractivity contribution >= 4 is 34.7 Å². The third-order valence-electron chi connectivity index (χ3n) is 6.61. The Hall–Kier alpha value is -3.15. The van der Waals surface area contributed by atoms with Gasteiger partial charge in [0.1, 0.15) is 0 Å². The summed E-state index contributed by atoms with van der Waals surface area (Å²) in [4.78, 5) is 12.3. The van der Waals surface area contributed by atoms with E-state index in [9.17, 15) is 0 Å². The molecule has 4 aromatic rings. The molecule has 0 unspecified atom stereocenters. The van der Waals surface area contributed by atoms with Crippen molar-refractivity contribution in [2.24, 2.45) is 0 Å². The molecule has 0 aliphatic heterocycles. The Kier molecular flexibility index (Phi) is 9.01. The summed E-state index contributed by atoms with van der Waals surface area (Å²) in [5.74, 6) is 0.900. The molecule has 3 aromatic heterocycles. The molecule has 194 valence electrons. The SMILES string of the molecule is CCCN(Cc1ccccc1)Cc1c(C)nc2n(/C=C(/C=C(C)\C=C(\Cl)CC)CC)c3ncccc3n12. The van der Waals surface area contributed by atoms with Crippen LogP contribution in [0.2, 0.25) is 0 Å². The molecule has 1 aromatic carbocycles. The highest BCUT2D eigenvalue weighted by molar-refractivity contribution is 6.29. The van der Waals surface area contributed by atoms with E-state index in [-0.39, 0.29) is 0 Å². The zero-order valence-corrected chi connectivity index (χ0v) is 23.5. The second kappa shape index (κ2) is 12.4. The molecule has 0 N–H and O–H groups in total. The molecule has 0 aliphatic carbocycles. The Morgan fingerprint density at radius 3 is 2.49 bits per heavy atom. The molecule has 0 saturated heterocycles. The van der Waals surface area contributed by atoms with Crippen molar-refractivity contribution in [2.75, 3.05) is 6.54 Å². The average Bonchev–Trinajstić information content (AvgIpc) is 3.37. The van der Waals surface area contributed by atoms with Crippen LogP contribution in [0.3, 0.4) is 0 Å². The Labute approximate surface area is 225 Å². The molecule has 0 spiro atoms. The van der Waals surface area contributed by atoms with Gasteiger partial charge in [-0.15, -0.1) is 0 Å². The third-order valence-corrected chi connectivity index (χ3v) is 6.98. The van der Waals surface area contributed by atoms with E-state index in [1.165, 1.54) is 16.8 Å². The van der Waals surface area contributed by atoms with Crippen LogP contribution >= 0.6 is 11.6 Å². The summed E-state index contributed by atoms with van der Waals surface area (Å²) in [5, 5.41) is 0.861. The lowest BCUT2D eigenvalue weighted by Gasteiger charge is -2.22. The lowest BCUT2D eigenvalue weighted by molar-refractivity contribution is 0.253. The van der Waals surface area contributed by atoms with Crippen molar-refractivity contribution in [3.8, 4) is 0 Å². The van der Waals surface area contributed by atoms with Gasteiger partial charge in [-0.2, -0.15) is 0 Å². The fourth-order valence-corrected chi connectivity index (χ4v) is 4.94. The largest absolute Gasteiger partial charge is 0.293 e. The highest BCUT2D eigenvalue weighted by Crippen LogP contribution is 2.26. The van der Waals surface area contributed by atoms with Crippen LogP contribution in [0.25, 0.3) is 23.1 Å². The van der Waals surface area contributed by atoms with E-state index in [2.05, 4.69) is 97.2 Å². The zero-order chi connectivity index (χ0) is 26.4. The van der Waals surface area contributed by atoms with Gasteiger partial charge < -0.3 is 0 Å². The molecule has 0 fully saturated rings. The molecule has 37 heavy (non-hydrogen) atoms. The summed E-state index contributed by atoms with van der Waals surface area (Å²) in [5.41, 5.74) is 7.91. The van der Waals surface area contributed by atoms with Crippen LogP contribution in [-0.2, 0) is 13.1 Å². The van der Waals surface area contributed by atoms with Gasteiger partial charge in [-0.05, 0) is 74.6 Å². The predicted octanol–water partition coefficient (Wildman–Crippen LogP) is 8.13. The van der Waals surface area contributed by atoms with Gasteiger partial charge in [0.05, 0.1) is 16.9 Å². The topological polar surface area (TPSA) is 38.4 Å². The molecule has 3 heterocycles. The Morgan fingerprint density at radius 1 is 1.00 bits per heavy atom. The first kappa shape index (κ1) is 26.9. The lowest BCUT2D eigenvalue weighted by atomic mass is 10.1. The van der Waals surface area contributed by atoms with Crippen molar-refractivity contribution in [3.63, 3.8) is 0 Å². The van der Waals surface area contributed by atoms with Crippen molar-refractivity contribution in [2.45, 2.75) is 67.0 Å². The van der Waals surface area contributed by atoms with Gasteiger partial charge in [0.2, 0.25) is 5.78 Å². The van der Waals surface area contributed by atoms with Gasteiger partial charge in [-0.25, -0.2) is 9.97 Å². The van der Waals surface area contributed by atoms with Gasteiger partial charge in [0.25, 0.3) is 0 Å². The number of allylic oxidation sites excluding steroid dienone is 5. The van der Waals surface area contributed by atoms with E-state index in [1.807, 2.05) is 18.3 Å². The van der Waals surface area contributed by atoms with E-state index in [1.54, 1.807) is 0 Å². The van der Waals surface area contributed by atoms with E-state index in [4.69, 9.17) is 21.6 Å². The van der Waals surface area contributed by atoms with Gasteiger partial charge in [-0.1, -0.05) is 68.8 Å². The van der Waals surface area contributed by atoms with Crippen LogP contribution in [0, 0.1) is 6.92 Å². The number of hydrogen-bond donors (Lipinski definition) is 0. The van der Waals surface area contributed by atoms with Crippen LogP contribution in [0.4, 0.5) is 0 Å². The molecule has 0 bridgehead atoms. The zero-order valence-electron chi connectivity index (χ0n) is 22.7. The van der Waals surface area contributed by atoms with E-state index in [0.717, 1.165) is 72.1 Å². The third kappa shape index (κ3) is 6.23. The van der Waals surface area contributed by atoms with Gasteiger partial charge in [0.15, 0.2) is 5.65 Å². The summed E-state index contributed by atoms with van der Waals surface area (Å²) in [6, 6.07) is 14.8. The van der Waals surface area contributed by atoms with Crippen molar-refractivity contribution < 1.29 is 0 Å². The fourth-order valence-electron chi connectivity index (χ4n) is 4.77. The maximum atomic E-state index is 6.29. The normalized spacial score (nSPS) is 13.4. The summed E-state index contributed by atoms with van der Waals surface area (Å²) >= 11 is 6.29. The number of aromatic nitrogens is 4. The number of rotatable bonds is 11. The van der Waals surface area contributed by atoms with Crippen LogP contribution < -0.4 is 0 Å². The summed E-state index contributed by atoms with van der Waals surface area (Å²) in [6.07, 6.45) is 11.1. The minimum absolute atomic E-state index is 0.827. The Bertz CT molecular complexity index is 1440. The van der Waals surface area contributed by atoms with Crippen LogP contribution in [0.1, 0.15) is 63.9 Å². The van der Waals surface area contributed by atoms with Crippen LogP contribution in [-0.4, -0.2) is 30.4 Å². The van der Waals surface area contributed by atoms with E-state index < -0.39 is 0 Å². The van der Waals surface area contributed by atoms with Crippen molar-refractivity contribution in [1.29, 1.82) is 0 Å². The molecule has 0 amide bonds. The number of hydrogen-bond acceptors (Lipinski definition) is 3. The van der Waals surface area contributed by atoms with Gasteiger partial charge in [-0.3, -0.25) is 13.9 Å². The molecule has 0 saturated carbocycles. The second-order valence-corrected chi connectivity index (χ2v) is 10.1. The molecular formula is C31H38ClN5. The lowest BCUT2D eigenvalue weighted by Crippen LogP contribution is -2.24. The first-order chi connectivity index (χ1) is 17.9. The smallest absolute Gasteiger partial charge is 0.220 e. The Balaban J connectivity index is 1.80. The minimum Gasteiger partial charge on any atom is -0.293 e. The summed E-state index contributed by atoms with van der Waals surface area (Å²) in [7, 11) is 0. The number of pyridine rings is 1. The maximum absolute atomic E-state index is 6.29. The van der Waals surface area contributed by atoms with Crippen LogP contribution in [0.15, 0.2) is 77.0 Å². The van der Waals surface area contributed by atoms with Gasteiger partial charge >= 0.3 is 0 Å². The number of nitrogens with zero attached hydrogens (tertiary/aromatic N) is 5. The van der Waals surface area contributed by atoms with E-state index in [0.29, 0.717) is 0 Å². The van der Waals surface area contributed by atoms with Crippen molar-refractivity contribution in [1.82, 2.24) is 23.8 Å². The maximum Gasteiger partial charge on any atom is 0.220 e. The number of fused-ring (bicyclic) bond motifs is 3. The number of aryl methyl sites for hydroxylation is 1. The highest BCUT2D eigenvalue weighted by atomic mass is 35.5. The number of halogens is 1.